The smallest absolute Gasteiger partial charge is 0.236 e. The highest BCUT2D eigenvalue weighted by atomic mass is 16.5. The molecule has 1 aromatic heterocycles. The first-order valence-corrected chi connectivity index (χ1v) is 9.14. The lowest BCUT2D eigenvalue weighted by molar-refractivity contribution is -0.143. The molecule has 0 saturated carbocycles. The molecule has 0 aromatic carbocycles. The number of carbonyl (C=O) groups is 1. The number of hydrogen-bond donors (Lipinski definition) is 2. The Hall–Kier alpha value is -1.54. The fraction of sp³-hybridized carbons (Fsp3) is 0.684. The predicted molar refractivity (Wildman–Crippen MR) is 98.4 cm³/mol. The summed E-state index contributed by atoms with van der Waals surface area (Å²) in [6.45, 7) is 2.33. The van der Waals surface area contributed by atoms with Crippen molar-refractivity contribution in [2.75, 3.05) is 47.0 Å². The van der Waals surface area contributed by atoms with E-state index < -0.39 is 11.5 Å². The minimum atomic E-state index is -0.657. The molecule has 1 aromatic rings. The van der Waals surface area contributed by atoms with Crippen molar-refractivity contribution in [1.82, 2.24) is 14.8 Å². The third-order valence-electron chi connectivity index (χ3n) is 5.18. The molecule has 0 unspecified atom stereocenters. The molecule has 0 spiro atoms. The Morgan fingerprint density at radius 2 is 2.19 bits per heavy atom. The number of rotatable bonds is 9. The van der Waals surface area contributed by atoms with E-state index in [1.165, 1.54) is 0 Å². The lowest BCUT2D eigenvalue weighted by atomic mass is 9.74. The maximum absolute atomic E-state index is 12.7. The number of aliphatic hydroxyl groups is 2. The van der Waals surface area contributed by atoms with E-state index in [-0.39, 0.29) is 12.5 Å². The molecule has 26 heavy (non-hydrogen) atoms. The third kappa shape index (κ3) is 5.48. The first-order chi connectivity index (χ1) is 12.5. The highest BCUT2D eigenvalue weighted by Crippen LogP contribution is 2.34. The van der Waals surface area contributed by atoms with Crippen LogP contribution < -0.4 is 0 Å². The number of aromatic nitrogens is 1. The van der Waals surface area contributed by atoms with E-state index in [0.29, 0.717) is 45.6 Å². The summed E-state index contributed by atoms with van der Waals surface area (Å²) >= 11 is 0. The van der Waals surface area contributed by atoms with Gasteiger partial charge in [0.2, 0.25) is 5.91 Å². The summed E-state index contributed by atoms with van der Waals surface area (Å²) in [5.74, 6) is 0.0259. The van der Waals surface area contributed by atoms with E-state index in [0.717, 1.165) is 12.0 Å². The molecule has 2 heterocycles. The Morgan fingerprint density at radius 1 is 1.46 bits per heavy atom. The van der Waals surface area contributed by atoms with Crippen LogP contribution in [0.3, 0.4) is 0 Å². The van der Waals surface area contributed by atoms with Crippen molar-refractivity contribution in [3.05, 3.63) is 30.1 Å². The molecule has 2 rings (SSSR count). The zero-order chi connectivity index (χ0) is 19.0. The molecule has 2 atom stereocenters. The Morgan fingerprint density at radius 3 is 2.85 bits per heavy atom. The normalized spacial score (nSPS) is 23.4. The number of piperidine rings is 1. The van der Waals surface area contributed by atoms with Gasteiger partial charge in [-0.15, -0.1) is 0 Å². The van der Waals surface area contributed by atoms with Gasteiger partial charge < -0.3 is 19.8 Å². The Balaban J connectivity index is 1.93. The van der Waals surface area contributed by atoms with E-state index in [2.05, 4.69) is 4.98 Å². The van der Waals surface area contributed by atoms with Gasteiger partial charge in [-0.05, 0) is 44.0 Å². The number of pyridine rings is 1. The van der Waals surface area contributed by atoms with Gasteiger partial charge in [0.05, 0.1) is 19.3 Å². The average Bonchev–Trinajstić information content (AvgIpc) is 2.64. The maximum atomic E-state index is 12.7. The summed E-state index contributed by atoms with van der Waals surface area (Å²) in [5.41, 5.74) is 0.449. The van der Waals surface area contributed by atoms with Crippen LogP contribution in [-0.2, 0) is 16.1 Å². The second-order valence-electron chi connectivity index (χ2n) is 7.26. The van der Waals surface area contributed by atoms with Crippen molar-refractivity contribution < 1.29 is 19.7 Å². The first-order valence-electron chi connectivity index (χ1n) is 9.14. The summed E-state index contributed by atoms with van der Waals surface area (Å²) in [6.07, 6.45) is 4.77. The number of ether oxygens (including phenoxy) is 1. The van der Waals surface area contributed by atoms with Crippen molar-refractivity contribution in [3.63, 3.8) is 0 Å². The summed E-state index contributed by atoms with van der Waals surface area (Å²) < 4.78 is 5.09. The van der Waals surface area contributed by atoms with Gasteiger partial charge in [0.15, 0.2) is 0 Å². The Bertz CT molecular complexity index is 557. The minimum absolute atomic E-state index is 0.0259. The van der Waals surface area contributed by atoms with E-state index in [4.69, 9.17) is 4.74 Å². The second-order valence-corrected chi connectivity index (χ2v) is 7.26. The first kappa shape index (κ1) is 20.8. The van der Waals surface area contributed by atoms with Crippen LogP contribution in [0, 0.1) is 5.41 Å². The standard InChI is InChI=1S/C19H31N3O4/c1-21(12-16-4-8-20-9-5-16)13-18(25)22-10-6-17(24)19(14-22,15-23)7-3-11-26-2/h4-5,8-9,17,23-24H,3,6-7,10-15H2,1-2H3/t17-,19+/m1/s1. The van der Waals surface area contributed by atoms with Crippen molar-refractivity contribution in [1.29, 1.82) is 0 Å². The van der Waals surface area contributed by atoms with Gasteiger partial charge in [-0.1, -0.05) is 0 Å². The van der Waals surface area contributed by atoms with E-state index in [9.17, 15) is 15.0 Å². The largest absolute Gasteiger partial charge is 0.396 e. The Labute approximate surface area is 155 Å². The molecule has 0 radical (unpaired) electrons. The van der Waals surface area contributed by atoms with Crippen LogP contribution in [0.15, 0.2) is 24.5 Å². The molecule has 1 fully saturated rings. The molecule has 1 aliphatic rings. The molecule has 2 N–H and O–H groups in total. The van der Waals surface area contributed by atoms with Gasteiger partial charge in [-0.3, -0.25) is 14.7 Å². The van der Waals surface area contributed by atoms with Gasteiger partial charge in [-0.2, -0.15) is 0 Å². The van der Waals surface area contributed by atoms with Gasteiger partial charge in [0, 0.05) is 51.2 Å². The second kappa shape index (κ2) is 9.97. The van der Waals surface area contributed by atoms with Crippen molar-refractivity contribution in [3.8, 4) is 0 Å². The van der Waals surface area contributed by atoms with Crippen molar-refractivity contribution in [2.45, 2.75) is 31.9 Å². The Kier molecular flexibility index (Phi) is 7.96. The van der Waals surface area contributed by atoms with Gasteiger partial charge in [-0.25, -0.2) is 0 Å². The predicted octanol–water partition coefficient (Wildman–Crippen LogP) is 0.512. The topological polar surface area (TPSA) is 86.1 Å². The highest BCUT2D eigenvalue weighted by molar-refractivity contribution is 5.78. The van der Waals surface area contributed by atoms with Gasteiger partial charge in [0.1, 0.15) is 0 Å². The van der Waals surface area contributed by atoms with Crippen LogP contribution in [-0.4, -0.2) is 84.0 Å². The van der Waals surface area contributed by atoms with Crippen molar-refractivity contribution in [2.24, 2.45) is 5.41 Å². The number of likely N-dealkylation sites (tertiary alicyclic amines) is 1. The molecule has 1 amide bonds. The van der Waals surface area contributed by atoms with Gasteiger partial charge in [0.25, 0.3) is 0 Å². The third-order valence-corrected chi connectivity index (χ3v) is 5.18. The zero-order valence-electron chi connectivity index (χ0n) is 15.8. The lowest BCUT2D eigenvalue weighted by Gasteiger charge is -2.45. The van der Waals surface area contributed by atoms with Gasteiger partial charge >= 0.3 is 0 Å². The van der Waals surface area contributed by atoms with Crippen molar-refractivity contribution >= 4 is 5.91 Å². The highest BCUT2D eigenvalue weighted by Gasteiger charge is 2.43. The fourth-order valence-electron chi connectivity index (χ4n) is 3.60. The molecular formula is C19H31N3O4. The SMILES string of the molecule is COCCC[C@@]1(CO)CN(C(=O)CN(C)Cc2ccncc2)CC[C@H]1O. The molecule has 7 heteroatoms. The minimum Gasteiger partial charge on any atom is -0.396 e. The number of carbonyl (C=O) groups excluding carboxylic acids is 1. The lowest BCUT2D eigenvalue weighted by Crippen LogP contribution is -2.56. The van der Waals surface area contributed by atoms with Crippen LogP contribution in [0.1, 0.15) is 24.8 Å². The zero-order valence-corrected chi connectivity index (χ0v) is 15.8. The van der Waals surface area contributed by atoms with Crippen LogP contribution in [0.2, 0.25) is 0 Å². The number of nitrogens with zero attached hydrogens (tertiary/aromatic N) is 3. The number of amides is 1. The molecule has 0 bridgehead atoms. The molecule has 1 aliphatic heterocycles. The molecular weight excluding hydrogens is 334 g/mol. The number of aliphatic hydroxyl groups excluding tert-OH is 2. The summed E-state index contributed by atoms with van der Waals surface area (Å²) in [6, 6.07) is 3.87. The average molecular weight is 365 g/mol. The van der Waals surface area contributed by atoms with E-state index in [1.54, 1.807) is 24.4 Å². The quantitative estimate of drug-likeness (QED) is 0.620. The summed E-state index contributed by atoms with van der Waals surface area (Å²) in [5, 5.41) is 20.4. The van der Waals surface area contributed by atoms with Crippen LogP contribution in [0.25, 0.3) is 0 Å². The van der Waals surface area contributed by atoms with Crippen LogP contribution in [0.4, 0.5) is 0 Å². The molecule has 7 nitrogen and oxygen atoms in total. The molecule has 0 aliphatic carbocycles. The maximum Gasteiger partial charge on any atom is 0.236 e. The fourth-order valence-corrected chi connectivity index (χ4v) is 3.60. The number of methoxy groups -OCH3 is 1. The van der Waals surface area contributed by atoms with E-state index >= 15 is 0 Å². The summed E-state index contributed by atoms with van der Waals surface area (Å²) in [4.78, 5) is 20.5. The number of likely N-dealkylation sites (N-methyl/N-ethyl adjacent to an activating group) is 1. The number of hydrogen-bond acceptors (Lipinski definition) is 6. The van der Waals surface area contributed by atoms with Crippen LogP contribution in [0.5, 0.6) is 0 Å². The monoisotopic (exact) mass is 365 g/mol. The van der Waals surface area contributed by atoms with Crippen LogP contribution >= 0.6 is 0 Å². The van der Waals surface area contributed by atoms with E-state index in [1.807, 2.05) is 24.1 Å². The molecule has 1 saturated heterocycles. The summed E-state index contributed by atoms with van der Waals surface area (Å²) in [7, 11) is 3.55. The molecule has 146 valence electrons.